The molecule has 10 heteroatoms. The first-order chi connectivity index (χ1) is 16.9. The van der Waals surface area contributed by atoms with Crippen LogP contribution in [0, 0.1) is 0 Å². The van der Waals surface area contributed by atoms with E-state index >= 15 is 0 Å². The summed E-state index contributed by atoms with van der Waals surface area (Å²) in [7, 11) is -3.84. The summed E-state index contributed by atoms with van der Waals surface area (Å²) in [5.74, 6) is -0.379. The van der Waals surface area contributed by atoms with Gasteiger partial charge in [0, 0.05) is 18.7 Å². The Morgan fingerprint density at radius 3 is 2.63 bits per heavy atom. The molecule has 0 radical (unpaired) electrons. The maximum Gasteiger partial charge on any atom is 0.269 e. The Kier molecular flexibility index (Phi) is 5.73. The smallest absolute Gasteiger partial charge is 0.269 e. The lowest BCUT2D eigenvalue weighted by atomic mass is 10.2. The fourth-order valence-electron chi connectivity index (χ4n) is 4.22. The molecule has 0 unspecified atom stereocenters. The lowest BCUT2D eigenvalue weighted by molar-refractivity contribution is 0.0962. The highest BCUT2D eigenvalue weighted by molar-refractivity contribution is 7.92. The minimum absolute atomic E-state index is 0.0242. The van der Waals surface area contributed by atoms with Crippen molar-refractivity contribution in [1.29, 1.82) is 0 Å². The summed E-state index contributed by atoms with van der Waals surface area (Å²) in [4.78, 5) is 30.1. The summed E-state index contributed by atoms with van der Waals surface area (Å²) < 4.78 is 29.4. The van der Waals surface area contributed by atoms with Gasteiger partial charge < -0.3 is 0 Å². The molecule has 0 bridgehead atoms. The summed E-state index contributed by atoms with van der Waals surface area (Å²) >= 11 is 0. The van der Waals surface area contributed by atoms with Gasteiger partial charge in [-0.05, 0) is 55.3 Å². The van der Waals surface area contributed by atoms with Gasteiger partial charge in [-0.15, -0.1) is 0 Å². The van der Waals surface area contributed by atoms with Crippen LogP contribution in [0.15, 0.2) is 82.5 Å². The van der Waals surface area contributed by atoms with Crippen LogP contribution in [-0.2, 0) is 23.0 Å². The van der Waals surface area contributed by atoms with E-state index < -0.39 is 15.9 Å². The molecule has 0 atom stereocenters. The lowest BCUT2D eigenvalue weighted by Gasteiger charge is -2.20. The number of sulfonamides is 1. The van der Waals surface area contributed by atoms with Gasteiger partial charge in [-0.3, -0.25) is 29.3 Å². The number of para-hydroxylation sites is 2. The van der Waals surface area contributed by atoms with Gasteiger partial charge in [-0.2, -0.15) is 0 Å². The molecule has 1 aromatic heterocycles. The molecule has 4 aromatic rings. The number of carbonyl (C=O) groups excluding carboxylic acids is 1. The van der Waals surface area contributed by atoms with E-state index in [1.807, 2.05) is 12.1 Å². The van der Waals surface area contributed by atoms with Gasteiger partial charge >= 0.3 is 0 Å². The van der Waals surface area contributed by atoms with Crippen LogP contribution in [0.1, 0.15) is 22.8 Å². The first kappa shape index (κ1) is 22.6. The monoisotopic (exact) mass is 489 g/mol. The Balaban J connectivity index is 1.39. The van der Waals surface area contributed by atoms with Crippen molar-refractivity contribution in [2.24, 2.45) is 0 Å². The Hall–Kier alpha value is -4.18. The van der Waals surface area contributed by atoms with E-state index in [0.717, 1.165) is 5.56 Å². The van der Waals surface area contributed by atoms with Gasteiger partial charge in [0.2, 0.25) is 5.95 Å². The summed E-state index contributed by atoms with van der Waals surface area (Å²) in [6.07, 6.45) is 0.636. The van der Waals surface area contributed by atoms with Crippen LogP contribution in [-0.4, -0.2) is 30.4 Å². The van der Waals surface area contributed by atoms with E-state index in [-0.39, 0.29) is 22.0 Å². The minimum atomic E-state index is -3.84. The molecule has 0 spiro atoms. The second-order valence-corrected chi connectivity index (χ2v) is 9.93. The van der Waals surface area contributed by atoms with Crippen molar-refractivity contribution >= 4 is 38.5 Å². The zero-order valence-electron chi connectivity index (χ0n) is 18.9. The number of rotatable bonds is 6. The molecular formula is C25H23N5O4S. The molecule has 35 heavy (non-hydrogen) atoms. The van der Waals surface area contributed by atoms with Crippen LogP contribution < -0.4 is 20.7 Å². The summed E-state index contributed by atoms with van der Waals surface area (Å²) in [6.45, 7) is 2.50. The SMILES string of the molecule is CCn1c(NNC(=O)c2cccc(S(=O)(=O)N3CCc4ccccc43)c2)nc2ccccc2c1=O. The third-order valence-electron chi connectivity index (χ3n) is 5.99. The van der Waals surface area contributed by atoms with Crippen LogP contribution in [0.25, 0.3) is 10.9 Å². The van der Waals surface area contributed by atoms with Gasteiger partial charge in [-0.1, -0.05) is 36.4 Å². The van der Waals surface area contributed by atoms with Gasteiger partial charge in [-0.25, -0.2) is 13.4 Å². The second-order valence-electron chi connectivity index (χ2n) is 8.06. The minimum Gasteiger partial charge on any atom is -0.277 e. The average molecular weight is 490 g/mol. The molecule has 2 heterocycles. The van der Waals surface area contributed by atoms with Crippen molar-refractivity contribution in [2.75, 3.05) is 16.3 Å². The normalized spacial score (nSPS) is 13.0. The largest absolute Gasteiger partial charge is 0.277 e. The number of nitrogens with zero attached hydrogens (tertiary/aromatic N) is 3. The van der Waals surface area contributed by atoms with Crippen LogP contribution >= 0.6 is 0 Å². The first-order valence-corrected chi connectivity index (χ1v) is 12.6. The van der Waals surface area contributed by atoms with E-state index in [0.29, 0.717) is 36.1 Å². The fourth-order valence-corrected chi connectivity index (χ4v) is 5.77. The number of benzene rings is 3. The summed E-state index contributed by atoms with van der Waals surface area (Å²) in [6, 6.07) is 20.2. The number of fused-ring (bicyclic) bond motifs is 2. The Morgan fingerprint density at radius 2 is 1.80 bits per heavy atom. The lowest BCUT2D eigenvalue weighted by Crippen LogP contribution is -2.34. The van der Waals surface area contributed by atoms with E-state index in [2.05, 4.69) is 15.8 Å². The Bertz CT molecular complexity index is 1610. The fraction of sp³-hybridized carbons (Fsp3) is 0.160. The molecule has 0 aliphatic carbocycles. The molecule has 0 saturated heterocycles. The van der Waals surface area contributed by atoms with Crippen molar-refractivity contribution < 1.29 is 13.2 Å². The second kappa shape index (κ2) is 8.88. The first-order valence-electron chi connectivity index (χ1n) is 11.2. The van der Waals surface area contributed by atoms with E-state index in [4.69, 9.17) is 0 Å². The molecular weight excluding hydrogens is 466 g/mol. The maximum atomic E-state index is 13.3. The highest BCUT2D eigenvalue weighted by Crippen LogP contribution is 2.32. The average Bonchev–Trinajstić information content (AvgIpc) is 3.33. The maximum absolute atomic E-state index is 13.3. The van der Waals surface area contributed by atoms with Crippen LogP contribution in [0.2, 0.25) is 0 Å². The topological polar surface area (TPSA) is 113 Å². The van der Waals surface area contributed by atoms with Crippen molar-refractivity contribution in [2.45, 2.75) is 24.8 Å². The third-order valence-corrected chi connectivity index (χ3v) is 7.80. The van der Waals surface area contributed by atoms with Crippen molar-refractivity contribution in [3.8, 4) is 0 Å². The number of amides is 1. The molecule has 0 fully saturated rings. The third kappa shape index (κ3) is 4.01. The van der Waals surface area contributed by atoms with Crippen molar-refractivity contribution in [1.82, 2.24) is 15.0 Å². The Morgan fingerprint density at radius 1 is 1.03 bits per heavy atom. The Labute approximate surface area is 202 Å². The number of hydrogen-bond donors (Lipinski definition) is 2. The van der Waals surface area contributed by atoms with E-state index in [1.54, 1.807) is 43.3 Å². The van der Waals surface area contributed by atoms with Crippen molar-refractivity contribution in [3.63, 3.8) is 0 Å². The van der Waals surface area contributed by atoms with Crippen molar-refractivity contribution in [3.05, 3.63) is 94.3 Å². The van der Waals surface area contributed by atoms with Gasteiger partial charge in [0.25, 0.3) is 21.5 Å². The summed E-state index contributed by atoms with van der Waals surface area (Å²) in [5.41, 5.74) is 7.29. The molecule has 1 amide bonds. The number of anilines is 2. The highest BCUT2D eigenvalue weighted by atomic mass is 32.2. The molecule has 0 saturated carbocycles. The van der Waals surface area contributed by atoms with E-state index in [9.17, 15) is 18.0 Å². The standard InChI is InChI=1S/C25H23N5O4S/c1-2-29-24(32)20-11-4-5-12-21(20)26-25(29)28-27-23(31)18-9-7-10-19(16-18)35(33,34)30-15-14-17-8-3-6-13-22(17)30/h3-13,16H,2,14-15H2,1H3,(H,26,28)(H,27,31). The van der Waals surface area contributed by atoms with Gasteiger partial charge in [0.15, 0.2) is 0 Å². The number of nitrogens with one attached hydrogen (secondary N) is 2. The number of hydrogen-bond acceptors (Lipinski definition) is 6. The molecule has 9 nitrogen and oxygen atoms in total. The number of carbonyl (C=O) groups is 1. The highest BCUT2D eigenvalue weighted by Gasteiger charge is 2.31. The van der Waals surface area contributed by atoms with E-state index in [1.165, 1.54) is 33.1 Å². The quantitative estimate of drug-likeness (QED) is 0.403. The number of aromatic nitrogens is 2. The molecule has 2 N–H and O–H groups in total. The van der Waals surface area contributed by atoms with Gasteiger partial charge in [0.1, 0.15) is 0 Å². The van der Waals surface area contributed by atoms with Crippen LogP contribution in [0.4, 0.5) is 11.6 Å². The molecule has 3 aromatic carbocycles. The van der Waals surface area contributed by atoms with Crippen LogP contribution in [0.3, 0.4) is 0 Å². The predicted octanol–water partition coefficient (Wildman–Crippen LogP) is 2.92. The van der Waals surface area contributed by atoms with Crippen LogP contribution in [0.5, 0.6) is 0 Å². The number of hydrazine groups is 1. The molecule has 1 aliphatic rings. The molecule has 178 valence electrons. The zero-order chi connectivity index (χ0) is 24.6. The summed E-state index contributed by atoms with van der Waals surface area (Å²) in [5, 5.41) is 0.479. The predicted molar refractivity (Wildman–Crippen MR) is 134 cm³/mol. The van der Waals surface area contributed by atoms with Gasteiger partial charge in [0.05, 0.1) is 21.5 Å². The zero-order valence-corrected chi connectivity index (χ0v) is 19.7. The molecule has 5 rings (SSSR count). The molecule has 1 aliphatic heterocycles.